The van der Waals surface area contributed by atoms with Crippen LogP contribution in [0.25, 0.3) is 0 Å². The Morgan fingerprint density at radius 2 is 2.11 bits per heavy atom. The van der Waals surface area contributed by atoms with E-state index in [0.29, 0.717) is 6.04 Å². The van der Waals surface area contributed by atoms with Crippen molar-refractivity contribution in [3.05, 3.63) is 42.0 Å². The van der Waals surface area contributed by atoms with Crippen molar-refractivity contribution in [1.82, 2.24) is 5.32 Å². The molecule has 2 bridgehead atoms. The number of methoxy groups -OCH3 is 1. The Labute approximate surface area is 115 Å². The largest absolute Gasteiger partial charge is 0.496 e. The Morgan fingerprint density at radius 3 is 2.79 bits per heavy atom. The van der Waals surface area contributed by atoms with Gasteiger partial charge in [-0.15, -0.1) is 0 Å². The zero-order chi connectivity index (χ0) is 13.2. The maximum atomic E-state index is 5.44. The lowest BCUT2D eigenvalue weighted by molar-refractivity contribution is 0.377. The maximum Gasteiger partial charge on any atom is 0.123 e. The molecule has 2 nitrogen and oxygen atoms in total. The fraction of sp³-hybridized carbons (Fsp3) is 0.529. The van der Waals surface area contributed by atoms with Gasteiger partial charge >= 0.3 is 0 Å². The lowest BCUT2D eigenvalue weighted by Crippen LogP contribution is -2.28. The molecule has 102 valence electrons. The van der Waals surface area contributed by atoms with Gasteiger partial charge in [0.05, 0.1) is 7.11 Å². The van der Waals surface area contributed by atoms with Crippen LogP contribution in [-0.4, -0.2) is 13.7 Å². The number of allylic oxidation sites excluding steroid dienone is 2. The van der Waals surface area contributed by atoms with Gasteiger partial charge in [0.25, 0.3) is 0 Å². The van der Waals surface area contributed by atoms with E-state index in [0.717, 1.165) is 30.0 Å². The molecule has 0 radical (unpaired) electrons. The number of rotatable bonds is 5. The van der Waals surface area contributed by atoms with Gasteiger partial charge in [-0.25, -0.2) is 0 Å². The van der Waals surface area contributed by atoms with Crippen LogP contribution in [-0.2, 0) is 0 Å². The summed E-state index contributed by atoms with van der Waals surface area (Å²) in [5, 5.41) is 3.69. The predicted molar refractivity (Wildman–Crippen MR) is 78.3 cm³/mol. The second-order valence-electron chi connectivity index (χ2n) is 5.91. The summed E-state index contributed by atoms with van der Waals surface area (Å²) in [4.78, 5) is 0. The number of hydrogen-bond acceptors (Lipinski definition) is 2. The average Bonchev–Trinajstić information content (AvgIpc) is 3.07. The Morgan fingerprint density at radius 1 is 1.26 bits per heavy atom. The molecular formula is C17H23NO. The van der Waals surface area contributed by atoms with Crippen LogP contribution < -0.4 is 10.1 Å². The third-order valence-corrected chi connectivity index (χ3v) is 4.71. The van der Waals surface area contributed by atoms with Crippen LogP contribution in [0.4, 0.5) is 0 Å². The number of para-hydroxylation sites is 1. The zero-order valence-corrected chi connectivity index (χ0v) is 11.8. The molecule has 0 aliphatic heterocycles. The van der Waals surface area contributed by atoms with Crippen LogP contribution in [0, 0.1) is 17.8 Å². The summed E-state index contributed by atoms with van der Waals surface area (Å²) in [5.74, 6) is 3.49. The number of nitrogens with one attached hydrogen (secondary N) is 1. The summed E-state index contributed by atoms with van der Waals surface area (Å²) in [6, 6.07) is 8.64. The molecule has 4 atom stereocenters. The monoisotopic (exact) mass is 257 g/mol. The quantitative estimate of drug-likeness (QED) is 0.814. The summed E-state index contributed by atoms with van der Waals surface area (Å²) in [6.45, 7) is 3.34. The minimum Gasteiger partial charge on any atom is -0.496 e. The van der Waals surface area contributed by atoms with Crippen LogP contribution in [0.3, 0.4) is 0 Å². The SMILES string of the molecule is COc1ccccc1[C@H](C)NCC1CC2C=CC1C2. The summed E-state index contributed by atoms with van der Waals surface area (Å²) in [6.07, 6.45) is 7.58. The molecule has 1 aromatic carbocycles. The fourth-order valence-electron chi connectivity index (χ4n) is 3.59. The van der Waals surface area contributed by atoms with Crippen LogP contribution in [0.5, 0.6) is 5.75 Å². The molecule has 2 heteroatoms. The Balaban J connectivity index is 1.59. The van der Waals surface area contributed by atoms with Crippen LogP contribution in [0.15, 0.2) is 36.4 Å². The summed E-state index contributed by atoms with van der Waals surface area (Å²) < 4.78 is 5.44. The summed E-state index contributed by atoms with van der Waals surface area (Å²) in [5.41, 5.74) is 1.25. The normalized spacial score (nSPS) is 29.7. The molecule has 3 unspecified atom stereocenters. The lowest BCUT2D eigenvalue weighted by atomic mass is 9.93. The molecule has 2 aliphatic carbocycles. The van der Waals surface area contributed by atoms with E-state index in [2.05, 4.69) is 36.5 Å². The Kier molecular flexibility index (Phi) is 3.61. The minimum absolute atomic E-state index is 0.347. The van der Waals surface area contributed by atoms with Crippen molar-refractivity contribution in [3.8, 4) is 5.75 Å². The van der Waals surface area contributed by atoms with E-state index >= 15 is 0 Å². The molecule has 0 heterocycles. The molecule has 0 saturated heterocycles. The van der Waals surface area contributed by atoms with E-state index in [1.165, 1.54) is 18.4 Å². The van der Waals surface area contributed by atoms with Crippen LogP contribution in [0.2, 0.25) is 0 Å². The summed E-state index contributed by atoms with van der Waals surface area (Å²) >= 11 is 0. The molecule has 0 amide bonds. The summed E-state index contributed by atoms with van der Waals surface area (Å²) in [7, 11) is 1.74. The minimum atomic E-state index is 0.347. The third kappa shape index (κ3) is 2.55. The molecule has 3 rings (SSSR count). The first-order valence-electron chi connectivity index (χ1n) is 7.32. The maximum absolute atomic E-state index is 5.44. The molecule has 0 spiro atoms. The van der Waals surface area contributed by atoms with Gasteiger partial charge < -0.3 is 10.1 Å². The van der Waals surface area contributed by atoms with Gasteiger partial charge in [-0.3, -0.25) is 0 Å². The average molecular weight is 257 g/mol. The van der Waals surface area contributed by atoms with E-state index in [1.807, 2.05) is 12.1 Å². The third-order valence-electron chi connectivity index (χ3n) is 4.71. The van der Waals surface area contributed by atoms with Crippen molar-refractivity contribution < 1.29 is 4.74 Å². The van der Waals surface area contributed by atoms with Gasteiger partial charge in [0, 0.05) is 11.6 Å². The van der Waals surface area contributed by atoms with Crippen molar-refractivity contribution in [2.75, 3.05) is 13.7 Å². The first kappa shape index (κ1) is 12.7. The zero-order valence-electron chi connectivity index (χ0n) is 11.8. The highest BCUT2D eigenvalue weighted by molar-refractivity contribution is 5.35. The number of hydrogen-bond donors (Lipinski definition) is 1. The standard InChI is InChI=1S/C17H23NO/c1-12(16-5-3-4-6-17(16)19-2)18-11-15-10-13-7-8-14(15)9-13/h3-8,12-15,18H,9-11H2,1-2H3/t12-,13?,14?,15?/m0/s1. The van der Waals surface area contributed by atoms with Gasteiger partial charge in [-0.1, -0.05) is 30.4 Å². The van der Waals surface area contributed by atoms with Crippen molar-refractivity contribution in [2.45, 2.75) is 25.8 Å². The molecule has 1 N–H and O–H groups in total. The first-order valence-corrected chi connectivity index (χ1v) is 7.32. The smallest absolute Gasteiger partial charge is 0.123 e. The highest BCUT2D eigenvalue weighted by atomic mass is 16.5. The molecule has 2 aliphatic rings. The van der Waals surface area contributed by atoms with E-state index in [4.69, 9.17) is 4.74 Å². The Hall–Kier alpha value is -1.28. The van der Waals surface area contributed by atoms with Gasteiger partial charge in [0.2, 0.25) is 0 Å². The van der Waals surface area contributed by atoms with E-state index in [1.54, 1.807) is 7.11 Å². The van der Waals surface area contributed by atoms with E-state index in [9.17, 15) is 0 Å². The second-order valence-corrected chi connectivity index (χ2v) is 5.91. The topological polar surface area (TPSA) is 21.3 Å². The second kappa shape index (κ2) is 5.38. The molecule has 1 saturated carbocycles. The predicted octanol–water partition coefficient (Wildman–Crippen LogP) is 3.56. The van der Waals surface area contributed by atoms with Gasteiger partial charge in [0.1, 0.15) is 5.75 Å². The van der Waals surface area contributed by atoms with Crippen molar-refractivity contribution in [2.24, 2.45) is 17.8 Å². The van der Waals surface area contributed by atoms with E-state index < -0.39 is 0 Å². The van der Waals surface area contributed by atoms with E-state index in [-0.39, 0.29) is 0 Å². The number of benzene rings is 1. The van der Waals surface area contributed by atoms with Crippen molar-refractivity contribution in [3.63, 3.8) is 0 Å². The van der Waals surface area contributed by atoms with Crippen LogP contribution >= 0.6 is 0 Å². The molecule has 1 aromatic rings. The highest BCUT2D eigenvalue weighted by Crippen LogP contribution is 2.43. The number of ether oxygens (including phenoxy) is 1. The highest BCUT2D eigenvalue weighted by Gasteiger charge is 2.35. The van der Waals surface area contributed by atoms with Crippen molar-refractivity contribution >= 4 is 0 Å². The molecule has 0 aromatic heterocycles. The lowest BCUT2D eigenvalue weighted by Gasteiger charge is -2.23. The van der Waals surface area contributed by atoms with Gasteiger partial charge in [-0.2, -0.15) is 0 Å². The Bertz CT molecular complexity index is 468. The van der Waals surface area contributed by atoms with Gasteiger partial charge in [0.15, 0.2) is 0 Å². The van der Waals surface area contributed by atoms with Gasteiger partial charge in [-0.05, 0) is 50.1 Å². The fourth-order valence-corrected chi connectivity index (χ4v) is 3.59. The molecule has 19 heavy (non-hydrogen) atoms. The van der Waals surface area contributed by atoms with Crippen molar-refractivity contribution in [1.29, 1.82) is 0 Å². The van der Waals surface area contributed by atoms with Crippen LogP contribution in [0.1, 0.15) is 31.4 Å². The number of fused-ring (bicyclic) bond motifs is 2. The molecular weight excluding hydrogens is 234 g/mol. The first-order chi connectivity index (χ1) is 9.28. The molecule has 1 fully saturated rings.